The van der Waals surface area contributed by atoms with Gasteiger partial charge in [0.05, 0.1) is 12.8 Å². The van der Waals surface area contributed by atoms with E-state index in [-0.39, 0.29) is 17.2 Å². The molecule has 2 aromatic rings. The number of aromatic amines is 1. The van der Waals surface area contributed by atoms with Gasteiger partial charge in [-0.25, -0.2) is 5.43 Å². The zero-order valence-corrected chi connectivity index (χ0v) is 12.5. The summed E-state index contributed by atoms with van der Waals surface area (Å²) in [4.78, 5) is 13.9. The van der Waals surface area contributed by atoms with Crippen LogP contribution >= 0.6 is 11.6 Å². The zero-order valence-electron chi connectivity index (χ0n) is 11.8. The maximum atomic E-state index is 11.4. The highest BCUT2D eigenvalue weighted by atomic mass is 35.5. The fraction of sp³-hybridized carbons (Fsp3) is 0.231. The molecule has 0 aliphatic rings. The summed E-state index contributed by atoms with van der Waals surface area (Å²) in [6, 6.07) is 5.22. The average Bonchev–Trinajstić information content (AvgIpc) is 2.48. The first-order chi connectivity index (χ1) is 10.0. The summed E-state index contributed by atoms with van der Waals surface area (Å²) in [5.41, 5.74) is 3.97. The molecule has 0 spiro atoms. The third-order valence-corrected chi connectivity index (χ3v) is 2.98. The van der Waals surface area contributed by atoms with E-state index >= 15 is 0 Å². The van der Waals surface area contributed by atoms with Crippen molar-refractivity contribution in [3.63, 3.8) is 0 Å². The third kappa shape index (κ3) is 3.57. The van der Waals surface area contributed by atoms with Crippen molar-refractivity contribution in [1.29, 1.82) is 0 Å². The van der Waals surface area contributed by atoms with Crippen LogP contribution in [0.4, 0.5) is 5.95 Å². The summed E-state index contributed by atoms with van der Waals surface area (Å²) in [7, 11) is 1.57. The molecule has 2 N–H and O–H groups in total. The molecular weight excluding hydrogens is 294 g/mol. The SMILES string of the molecule is COc1ccc(Cl)cc1/C(C)=N\Nc1nnc(C)c(=O)[nH]1. The number of rotatable bonds is 4. The maximum absolute atomic E-state index is 11.4. The van der Waals surface area contributed by atoms with Gasteiger partial charge in [0.1, 0.15) is 11.4 Å². The highest BCUT2D eigenvalue weighted by Crippen LogP contribution is 2.23. The van der Waals surface area contributed by atoms with Gasteiger partial charge in [-0.05, 0) is 32.0 Å². The second-order valence-corrected chi connectivity index (χ2v) is 4.68. The lowest BCUT2D eigenvalue weighted by atomic mass is 10.1. The Balaban J connectivity index is 2.27. The number of nitrogens with zero attached hydrogens (tertiary/aromatic N) is 3. The van der Waals surface area contributed by atoms with E-state index < -0.39 is 0 Å². The minimum atomic E-state index is -0.319. The van der Waals surface area contributed by atoms with Crippen LogP contribution in [-0.2, 0) is 0 Å². The number of halogens is 1. The van der Waals surface area contributed by atoms with Gasteiger partial charge in [0, 0.05) is 10.6 Å². The Morgan fingerprint density at radius 3 is 2.86 bits per heavy atom. The van der Waals surface area contributed by atoms with Crippen LogP contribution < -0.4 is 15.7 Å². The quantitative estimate of drug-likeness (QED) is 0.665. The summed E-state index contributed by atoms with van der Waals surface area (Å²) in [5.74, 6) is 0.803. The van der Waals surface area contributed by atoms with Crippen molar-refractivity contribution < 1.29 is 4.74 Å². The number of aromatic nitrogens is 3. The molecule has 0 saturated carbocycles. The first-order valence-electron chi connectivity index (χ1n) is 6.09. The molecule has 21 heavy (non-hydrogen) atoms. The Bertz CT molecular complexity index is 742. The van der Waals surface area contributed by atoms with Crippen molar-refractivity contribution in [2.75, 3.05) is 12.5 Å². The fourth-order valence-electron chi connectivity index (χ4n) is 1.60. The lowest BCUT2D eigenvalue weighted by Gasteiger charge is -2.08. The molecule has 1 heterocycles. The van der Waals surface area contributed by atoms with Gasteiger partial charge in [0.25, 0.3) is 5.56 Å². The smallest absolute Gasteiger partial charge is 0.274 e. The first-order valence-corrected chi connectivity index (χ1v) is 6.47. The lowest BCUT2D eigenvalue weighted by Crippen LogP contribution is -2.16. The third-order valence-electron chi connectivity index (χ3n) is 2.74. The number of aryl methyl sites for hydroxylation is 1. The number of nitrogens with one attached hydrogen (secondary N) is 2. The van der Waals surface area contributed by atoms with Crippen molar-refractivity contribution in [3.8, 4) is 5.75 Å². The second kappa shape index (κ2) is 6.36. The number of ether oxygens (including phenoxy) is 1. The van der Waals surface area contributed by atoms with E-state index in [9.17, 15) is 4.79 Å². The van der Waals surface area contributed by atoms with Crippen LogP contribution in [0.3, 0.4) is 0 Å². The lowest BCUT2D eigenvalue weighted by molar-refractivity contribution is 0.414. The first kappa shape index (κ1) is 15.0. The Morgan fingerprint density at radius 1 is 1.43 bits per heavy atom. The topological polar surface area (TPSA) is 92.3 Å². The Kier molecular flexibility index (Phi) is 4.54. The van der Waals surface area contributed by atoms with Crippen molar-refractivity contribution in [3.05, 3.63) is 44.8 Å². The number of anilines is 1. The molecule has 0 amide bonds. The van der Waals surface area contributed by atoms with Crippen LogP contribution in [0.15, 0.2) is 28.1 Å². The van der Waals surface area contributed by atoms with Crippen LogP contribution in [0.2, 0.25) is 5.02 Å². The number of methoxy groups -OCH3 is 1. The largest absolute Gasteiger partial charge is 0.496 e. The highest BCUT2D eigenvalue weighted by molar-refractivity contribution is 6.31. The fourth-order valence-corrected chi connectivity index (χ4v) is 1.78. The molecule has 0 atom stereocenters. The van der Waals surface area contributed by atoms with Gasteiger partial charge in [-0.1, -0.05) is 11.6 Å². The number of H-pyrrole nitrogens is 1. The molecule has 2 rings (SSSR count). The van der Waals surface area contributed by atoms with E-state index in [1.807, 2.05) is 0 Å². The van der Waals surface area contributed by atoms with Crippen molar-refractivity contribution >= 4 is 23.3 Å². The van der Waals surface area contributed by atoms with Gasteiger partial charge in [-0.3, -0.25) is 9.78 Å². The molecule has 0 aliphatic heterocycles. The number of hydrogen-bond donors (Lipinski definition) is 2. The maximum Gasteiger partial charge on any atom is 0.274 e. The molecule has 1 aromatic heterocycles. The minimum absolute atomic E-state index is 0.158. The summed E-state index contributed by atoms with van der Waals surface area (Å²) < 4.78 is 5.26. The molecule has 110 valence electrons. The van der Waals surface area contributed by atoms with Gasteiger partial charge in [0.15, 0.2) is 0 Å². The zero-order chi connectivity index (χ0) is 15.4. The number of hydrogen-bond acceptors (Lipinski definition) is 6. The Labute approximate surface area is 126 Å². The molecule has 0 radical (unpaired) electrons. The molecule has 7 nitrogen and oxygen atoms in total. The van der Waals surface area contributed by atoms with E-state index in [4.69, 9.17) is 16.3 Å². The molecule has 1 aromatic carbocycles. The summed E-state index contributed by atoms with van der Waals surface area (Å²) in [5, 5.41) is 12.2. The van der Waals surface area contributed by atoms with E-state index in [1.54, 1.807) is 39.2 Å². The normalized spacial score (nSPS) is 11.3. The average molecular weight is 308 g/mol. The predicted octanol–water partition coefficient (Wildman–Crippen LogP) is 1.97. The van der Waals surface area contributed by atoms with E-state index in [1.165, 1.54) is 0 Å². The van der Waals surface area contributed by atoms with E-state index in [0.29, 0.717) is 16.5 Å². The van der Waals surface area contributed by atoms with E-state index in [0.717, 1.165) is 5.56 Å². The Morgan fingerprint density at radius 2 is 2.19 bits per heavy atom. The van der Waals surface area contributed by atoms with Crippen LogP contribution in [0.5, 0.6) is 5.75 Å². The molecule has 8 heteroatoms. The molecule has 0 aliphatic carbocycles. The van der Waals surface area contributed by atoms with Crippen LogP contribution in [0, 0.1) is 6.92 Å². The van der Waals surface area contributed by atoms with Crippen LogP contribution in [0.1, 0.15) is 18.2 Å². The van der Waals surface area contributed by atoms with Crippen molar-refractivity contribution in [2.24, 2.45) is 5.10 Å². The van der Waals surface area contributed by atoms with Gasteiger partial charge in [-0.2, -0.15) is 5.10 Å². The van der Waals surface area contributed by atoms with Crippen LogP contribution in [0.25, 0.3) is 0 Å². The standard InChI is InChI=1S/C13H14ClN5O2/c1-7(10-6-9(14)4-5-11(10)21-3)16-18-13-15-12(20)8(2)17-19-13/h4-6H,1-3H3,(H2,15,18,19,20)/b16-7-. The van der Waals surface area contributed by atoms with Crippen molar-refractivity contribution in [1.82, 2.24) is 15.2 Å². The highest BCUT2D eigenvalue weighted by Gasteiger charge is 2.07. The number of benzene rings is 1. The van der Waals surface area contributed by atoms with Gasteiger partial charge >= 0.3 is 0 Å². The van der Waals surface area contributed by atoms with E-state index in [2.05, 4.69) is 25.7 Å². The summed E-state index contributed by atoms with van der Waals surface area (Å²) in [6.45, 7) is 3.35. The minimum Gasteiger partial charge on any atom is -0.496 e. The molecule has 0 bridgehead atoms. The molecule has 0 unspecified atom stereocenters. The van der Waals surface area contributed by atoms with Crippen LogP contribution in [-0.4, -0.2) is 28.0 Å². The summed E-state index contributed by atoms with van der Waals surface area (Å²) in [6.07, 6.45) is 0. The van der Waals surface area contributed by atoms with Gasteiger partial charge < -0.3 is 4.74 Å². The Hall–Kier alpha value is -2.41. The molecule has 0 fully saturated rings. The molecular formula is C13H14ClN5O2. The van der Waals surface area contributed by atoms with Gasteiger partial charge in [-0.15, -0.1) is 10.2 Å². The number of hydrazone groups is 1. The predicted molar refractivity (Wildman–Crippen MR) is 81.2 cm³/mol. The second-order valence-electron chi connectivity index (χ2n) is 4.24. The monoisotopic (exact) mass is 307 g/mol. The van der Waals surface area contributed by atoms with Crippen molar-refractivity contribution in [2.45, 2.75) is 13.8 Å². The van der Waals surface area contributed by atoms with Gasteiger partial charge in [0.2, 0.25) is 5.95 Å². The molecule has 0 saturated heterocycles. The summed E-state index contributed by atoms with van der Waals surface area (Å²) >= 11 is 5.97.